The van der Waals surface area contributed by atoms with Crippen LogP contribution in [-0.4, -0.2) is 4.57 Å². The molecule has 0 amide bonds. The maximum Gasteiger partial charge on any atom is 0.137 e. The Morgan fingerprint density at radius 2 is 1.00 bits per heavy atom. The predicted octanol–water partition coefficient (Wildman–Crippen LogP) is 11.3. The molecule has 0 bridgehead atoms. The summed E-state index contributed by atoms with van der Waals surface area (Å²) in [7, 11) is 0. The maximum absolute atomic E-state index is 6.34. The van der Waals surface area contributed by atoms with Crippen LogP contribution in [0.2, 0.25) is 0 Å². The van der Waals surface area contributed by atoms with Crippen molar-refractivity contribution in [1.29, 1.82) is 0 Å². The van der Waals surface area contributed by atoms with Gasteiger partial charge in [-0.15, -0.1) is 0 Å². The third-order valence-electron chi connectivity index (χ3n) is 8.55. The first-order chi connectivity index (χ1) is 21.3. The smallest absolute Gasteiger partial charge is 0.137 e. The van der Waals surface area contributed by atoms with E-state index in [4.69, 9.17) is 4.42 Å². The summed E-state index contributed by atoms with van der Waals surface area (Å²) in [6, 6.07) is 56.0. The molecule has 9 rings (SSSR count). The average Bonchev–Trinajstić information content (AvgIpc) is 3.61. The minimum atomic E-state index is 0.890. The second kappa shape index (κ2) is 9.37. The van der Waals surface area contributed by atoms with Crippen molar-refractivity contribution < 1.29 is 4.42 Å². The second-order valence-corrected chi connectivity index (χ2v) is 11.0. The van der Waals surface area contributed by atoms with Crippen LogP contribution in [0, 0.1) is 0 Å². The van der Waals surface area contributed by atoms with Crippen molar-refractivity contribution in [2.24, 2.45) is 0 Å². The molecule has 3 heteroatoms. The van der Waals surface area contributed by atoms with Crippen LogP contribution in [0.25, 0.3) is 60.2 Å². The van der Waals surface area contributed by atoms with Crippen molar-refractivity contribution in [1.82, 2.24) is 4.57 Å². The van der Waals surface area contributed by atoms with E-state index in [1.165, 1.54) is 27.1 Å². The Kier molecular flexibility index (Phi) is 5.20. The van der Waals surface area contributed by atoms with Crippen LogP contribution >= 0.6 is 0 Å². The van der Waals surface area contributed by atoms with Crippen molar-refractivity contribution in [2.45, 2.75) is 0 Å². The van der Waals surface area contributed by atoms with E-state index in [0.29, 0.717) is 0 Å². The summed E-state index contributed by atoms with van der Waals surface area (Å²) >= 11 is 0. The van der Waals surface area contributed by atoms with Crippen molar-refractivity contribution in [3.05, 3.63) is 158 Å². The quantitative estimate of drug-likeness (QED) is 0.217. The molecule has 0 saturated heterocycles. The molecular formula is C40H26N2O. The second-order valence-electron chi connectivity index (χ2n) is 11.0. The van der Waals surface area contributed by atoms with E-state index in [-0.39, 0.29) is 0 Å². The van der Waals surface area contributed by atoms with Gasteiger partial charge in [0.2, 0.25) is 0 Å². The van der Waals surface area contributed by atoms with Gasteiger partial charge in [0, 0.05) is 50.1 Å². The summed E-state index contributed by atoms with van der Waals surface area (Å²) < 4.78 is 8.73. The summed E-state index contributed by atoms with van der Waals surface area (Å²) in [5, 5.41) is 7.19. The van der Waals surface area contributed by atoms with E-state index >= 15 is 0 Å². The van der Waals surface area contributed by atoms with Crippen LogP contribution in [0.3, 0.4) is 0 Å². The van der Waals surface area contributed by atoms with Gasteiger partial charge in [0.15, 0.2) is 0 Å². The van der Waals surface area contributed by atoms with Crippen molar-refractivity contribution in [3.63, 3.8) is 0 Å². The highest BCUT2D eigenvalue weighted by Gasteiger charge is 2.21. The molecule has 0 radical (unpaired) electrons. The number of benzene rings is 7. The molecule has 0 atom stereocenters. The Labute approximate surface area is 248 Å². The third kappa shape index (κ3) is 3.62. The normalized spacial score (nSPS) is 11.7. The topological polar surface area (TPSA) is 21.3 Å². The minimum Gasteiger partial charge on any atom is -0.456 e. The lowest BCUT2D eigenvalue weighted by Crippen LogP contribution is -2.10. The minimum absolute atomic E-state index is 0.890. The molecule has 202 valence electrons. The molecule has 0 unspecified atom stereocenters. The number of hydrogen-bond donors (Lipinski definition) is 0. The zero-order valence-corrected chi connectivity index (χ0v) is 23.3. The molecule has 0 saturated carbocycles. The number of para-hydroxylation sites is 4. The fraction of sp³-hybridized carbons (Fsp3) is 0. The number of nitrogens with zero attached hydrogens (tertiary/aromatic N) is 2. The number of rotatable bonds is 4. The molecule has 2 aromatic heterocycles. The van der Waals surface area contributed by atoms with E-state index in [0.717, 1.165) is 50.2 Å². The van der Waals surface area contributed by atoms with E-state index in [1.807, 2.05) is 12.1 Å². The Morgan fingerprint density at radius 3 is 1.74 bits per heavy atom. The Hall–Kier alpha value is -5.80. The first-order valence-corrected chi connectivity index (χ1v) is 14.6. The molecule has 9 aromatic rings. The van der Waals surface area contributed by atoms with Crippen LogP contribution < -0.4 is 4.90 Å². The molecule has 0 fully saturated rings. The monoisotopic (exact) mass is 550 g/mol. The lowest BCUT2D eigenvalue weighted by molar-refractivity contribution is 0.668. The Bertz CT molecular complexity index is 2410. The number of furan rings is 1. The van der Waals surface area contributed by atoms with Crippen molar-refractivity contribution in [2.75, 3.05) is 4.90 Å². The average molecular weight is 551 g/mol. The third-order valence-corrected chi connectivity index (χ3v) is 8.55. The Balaban J connectivity index is 1.41. The first kappa shape index (κ1) is 23.9. The molecule has 2 heterocycles. The van der Waals surface area contributed by atoms with Crippen LogP contribution in [0.15, 0.2) is 162 Å². The standard InChI is InChI=1S/C40H26N2O/c1-3-13-27(14-4-1)41(28-15-5-2-6-16-28)36-26-37-40(33-19-8-7-17-30(33)36)34-20-9-11-21-35(34)42(37)29-23-24-32-31-18-10-12-22-38(31)43-39(32)25-29/h1-26H. The van der Waals surface area contributed by atoms with Gasteiger partial charge >= 0.3 is 0 Å². The molecule has 0 spiro atoms. The van der Waals surface area contributed by atoms with Crippen LogP contribution in [0.5, 0.6) is 0 Å². The first-order valence-electron chi connectivity index (χ1n) is 14.6. The van der Waals surface area contributed by atoms with Crippen LogP contribution in [-0.2, 0) is 0 Å². The van der Waals surface area contributed by atoms with Crippen molar-refractivity contribution in [3.8, 4) is 5.69 Å². The van der Waals surface area contributed by atoms with Gasteiger partial charge in [-0.3, -0.25) is 0 Å². The highest BCUT2D eigenvalue weighted by molar-refractivity contribution is 6.24. The van der Waals surface area contributed by atoms with Crippen molar-refractivity contribution >= 4 is 71.6 Å². The van der Waals surface area contributed by atoms with Gasteiger partial charge in [-0.05, 0) is 60.0 Å². The van der Waals surface area contributed by atoms with Gasteiger partial charge in [0.25, 0.3) is 0 Å². The zero-order valence-electron chi connectivity index (χ0n) is 23.3. The van der Waals surface area contributed by atoms with Crippen LogP contribution in [0.4, 0.5) is 17.1 Å². The summed E-state index contributed by atoms with van der Waals surface area (Å²) in [5.41, 5.74) is 8.56. The SMILES string of the molecule is c1ccc(N(c2ccccc2)c2cc3c(c4ccccc24)c2ccccc2n3-c2ccc3c(c2)oc2ccccc23)cc1. The fourth-order valence-corrected chi connectivity index (χ4v) is 6.71. The summed E-state index contributed by atoms with van der Waals surface area (Å²) in [4.78, 5) is 2.37. The highest BCUT2D eigenvalue weighted by atomic mass is 16.3. The number of anilines is 3. The molecule has 3 nitrogen and oxygen atoms in total. The molecule has 0 aliphatic heterocycles. The maximum atomic E-state index is 6.34. The summed E-state index contributed by atoms with van der Waals surface area (Å²) in [6.45, 7) is 0. The zero-order chi connectivity index (χ0) is 28.3. The number of aromatic nitrogens is 1. The molecule has 0 N–H and O–H groups in total. The molecule has 0 aliphatic carbocycles. The molecule has 0 aliphatic rings. The van der Waals surface area contributed by atoms with E-state index < -0.39 is 0 Å². The van der Waals surface area contributed by atoms with E-state index in [9.17, 15) is 0 Å². The fourth-order valence-electron chi connectivity index (χ4n) is 6.71. The van der Waals surface area contributed by atoms with Gasteiger partial charge in [-0.1, -0.05) is 97.1 Å². The van der Waals surface area contributed by atoms with E-state index in [1.54, 1.807) is 0 Å². The van der Waals surface area contributed by atoms with Gasteiger partial charge in [-0.25, -0.2) is 0 Å². The lowest BCUT2D eigenvalue weighted by atomic mass is 10.0. The Morgan fingerprint density at radius 1 is 0.419 bits per heavy atom. The van der Waals surface area contributed by atoms with Gasteiger partial charge in [0.1, 0.15) is 11.2 Å². The molecular weight excluding hydrogens is 524 g/mol. The number of hydrogen-bond acceptors (Lipinski definition) is 2. The highest BCUT2D eigenvalue weighted by Crippen LogP contribution is 2.45. The molecule has 7 aromatic carbocycles. The largest absolute Gasteiger partial charge is 0.456 e. The van der Waals surface area contributed by atoms with Gasteiger partial charge < -0.3 is 13.9 Å². The van der Waals surface area contributed by atoms with Crippen LogP contribution in [0.1, 0.15) is 0 Å². The van der Waals surface area contributed by atoms with Gasteiger partial charge in [0.05, 0.1) is 16.7 Å². The summed E-state index contributed by atoms with van der Waals surface area (Å²) in [6.07, 6.45) is 0. The number of fused-ring (bicyclic) bond motifs is 8. The van der Waals surface area contributed by atoms with Gasteiger partial charge in [-0.2, -0.15) is 0 Å². The van der Waals surface area contributed by atoms with E-state index in [2.05, 4.69) is 155 Å². The molecule has 43 heavy (non-hydrogen) atoms. The summed E-state index contributed by atoms with van der Waals surface area (Å²) in [5.74, 6) is 0. The predicted molar refractivity (Wildman–Crippen MR) is 180 cm³/mol. The lowest BCUT2D eigenvalue weighted by Gasteiger charge is -2.27.